The number of anilines is 1. The number of rotatable bonds is 6. The summed E-state index contributed by atoms with van der Waals surface area (Å²) in [4.78, 5) is 14.0. The summed E-state index contributed by atoms with van der Waals surface area (Å²) < 4.78 is 0. The van der Waals surface area contributed by atoms with Crippen molar-refractivity contribution in [3.05, 3.63) is 5.01 Å². The van der Waals surface area contributed by atoms with E-state index < -0.39 is 0 Å². The van der Waals surface area contributed by atoms with Gasteiger partial charge in [0.05, 0.1) is 12.5 Å². The maximum atomic E-state index is 12.2. The number of hydrogen-bond acceptors (Lipinski definition) is 6. The number of hydrogen-bond donors (Lipinski definition) is 1. The highest BCUT2D eigenvalue weighted by molar-refractivity contribution is 7.17. The van der Waals surface area contributed by atoms with E-state index >= 15 is 0 Å². The summed E-state index contributed by atoms with van der Waals surface area (Å²) in [7, 11) is 0. The monoisotopic (exact) mass is 265 g/mol. The molecule has 0 aromatic carbocycles. The molecule has 6 nitrogen and oxygen atoms in total. The van der Waals surface area contributed by atoms with Gasteiger partial charge in [-0.05, 0) is 19.8 Å². The van der Waals surface area contributed by atoms with Crippen molar-refractivity contribution >= 4 is 22.4 Å². The maximum Gasteiger partial charge on any atom is 0.285 e. The van der Waals surface area contributed by atoms with Crippen LogP contribution in [-0.4, -0.2) is 40.1 Å². The Hall–Kier alpha value is -1.68. The van der Waals surface area contributed by atoms with Gasteiger partial charge in [-0.15, -0.1) is 10.2 Å². The fourth-order valence-corrected chi connectivity index (χ4v) is 2.43. The molecule has 0 saturated heterocycles. The van der Waals surface area contributed by atoms with Crippen LogP contribution in [0.4, 0.5) is 5.13 Å². The molecule has 1 fully saturated rings. The van der Waals surface area contributed by atoms with E-state index in [2.05, 4.69) is 21.6 Å². The highest BCUT2D eigenvalue weighted by atomic mass is 32.1. The lowest BCUT2D eigenvalue weighted by atomic mass is 10.3. The van der Waals surface area contributed by atoms with E-state index in [9.17, 15) is 4.79 Å². The first-order valence-corrected chi connectivity index (χ1v) is 6.83. The molecule has 7 heteroatoms. The Kier molecular flexibility index (Phi) is 4.10. The molecule has 0 atom stereocenters. The summed E-state index contributed by atoms with van der Waals surface area (Å²) in [6.07, 6.45) is 2.41. The minimum Gasteiger partial charge on any atom is -0.360 e. The Labute approximate surface area is 110 Å². The smallest absolute Gasteiger partial charge is 0.285 e. The van der Waals surface area contributed by atoms with Crippen molar-refractivity contribution in [3.8, 4) is 6.07 Å². The standard InChI is InChI=1S/C11H15N5OS/c1-2-13-11-15-14-9(18-11)10(17)16(7-3-6-12)8-4-5-8/h8H,2-5,7H2,1H3,(H,13,15). The average Bonchev–Trinajstić information content (AvgIpc) is 3.09. The Morgan fingerprint density at radius 1 is 1.61 bits per heavy atom. The van der Waals surface area contributed by atoms with Crippen LogP contribution in [0.15, 0.2) is 0 Å². The lowest BCUT2D eigenvalue weighted by Gasteiger charge is -2.19. The van der Waals surface area contributed by atoms with Gasteiger partial charge < -0.3 is 10.2 Å². The summed E-state index contributed by atoms with van der Waals surface area (Å²) in [5, 5.41) is 20.5. The van der Waals surface area contributed by atoms with Crippen molar-refractivity contribution in [2.45, 2.75) is 32.2 Å². The first kappa shape index (κ1) is 12.8. The molecule has 0 aliphatic heterocycles. The lowest BCUT2D eigenvalue weighted by molar-refractivity contribution is 0.0745. The fraction of sp³-hybridized carbons (Fsp3) is 0.636. The molecule has 0 bridgehead atoms. The quantitative estimate of drug-likeness (QED) is 0.842. The van der Waals surface area contributed by atoms with Crippen molar-refractivity contribution in [2.24, 2.45) is 0 Å². The molecule has 18 heavy (non-hydrogen) atoms. The van der Waals surface area contributed by atoms with E-state index in [0.717, 1.165) is 19.4 Å². The number of nitriles is 1. The zero-order chi connectivity index (χ0) is 13.0. The molecule has 1 aliphatic carbocycles. The van der Waals surface area contributed by atoms with Crippen LogP contribution in [-0.2, 0) is 0 Å². The largest absolute Gasteiger partial charge is 0.360 e. The molecule has 0 unspecified atom stereocenters. The molecule has 1 amide bonds. The van der Waals surface area contributed by atoms with E-state index in [1.807, 2.05) is 6.92 Å². The van der Waals surface area contributed by atoms with Crippen LogP contribution in [0.1, 0.15) is 36.0 Å². The molecular weight excluding hydrogens is 250 g/mol. The third kappa shape index (κ3) is 2.96. The van der Waals surface area contributed by atoms with Gasteiger partial charge in [-0.2, -0.15) is 5.26 Å². The highest BCUT2D eigenvalue weighted by Gasteiger charge is 2.34. The lowest BCUT2D eigenvalue weighted by Crippen LogP contribution is -2.33. The summed E-state index contributed by atoms with van der Waals surface area (Å²) >= 11 is 1.27. The maximum absolute atomic E-state index is 12.2. The molecule has 96 valence electrons. The zero-order valence-electron chi connectivity index (χ0n) is 10.2. The van der Waals surface area contributed by atoms with Crippen LogP contribution in [0.5, 0.6) is 0 Å². The molecule has 1 saturated carbocycles. The highest BCUT2D eigenvalue weighted by Crippen LogP contribution is 2.29. The Morgan fingerprint density at radius 3 is 3.00 bits per heavy atom. The number of nitrogens with one attached hydrogen (secondary N) is 1. The first-order valence-electron chi connectivity index (χ1n) is 6.01. The van der Waals surface area contributed by atoms with Crippen molar-refractivity contribution < 1.29 is 4.79 Å². The fourth-order valence-electron chi connectivity index (χ4n) is 1.66. The second-order valence-electron chi connectivity index (χ2n) is 4.08. The second-order valence-corrected chi connectivity index (χ2v) is 5.06. The van der Waals surface area contributed by atoms with Crippen molar-refractivity contribution in [1.29, 1.82) is 5.26 Å². The Bertz CT molecular complexity index is 462. The number of amides is 1. The van der Waals surface area contributed by atoms with Crippen LogP contribution in [0, 0.1) is 11.3 Å². The molecule has 0 radical (unpaired) electrons. The van der Waals surface area contributed by atoms with Gasteiger partial charge in [0, 0.05) is 19.1 Å². The molecule has 1 aromatic rings. The average molecular weight is 265 g/mol. The molecule has 1 aromatic heterocycles. The first-order chi connectivity index (χ1) is 8.76. The Balaban J connectivity index is 2.04. The van der Waals surface area contributed by atoms with E-state index in [1.165, 1.54) is 11.3 Å². The van der Waals surface area contributed by atoms with E-state index in [4.69, 9.17) is 5.26 Å². The third-order valence-corrected chi connectivity index (χ3v) is 3.52. The normalized spacial score (nSPS) is 14.0. The SMILES string of the molecule is CCNc1nnc(C(=O)N(CCC#N)C2CC2)s1. The predicted octanol–water partition coefficient (Wildman–Crippen LogP) is 1.49. The van der Waals surface area contributed by atoms with E-state index in [-0.39, 0.29) is 11.9 Å². The predicted molar refractivity (Wildman–Crippen MR) is 68.4 cm³/mol. The number of carbonyl (C=O) groups excluding carboxylic acids is 1. The van der Waals surface area contributed by atoms with Crippen LogP contribution < -0.4 is 5.32 Å². The number of nitrogens with zero attached hydrogens (tertiary/aromatic N) is 4. The number of aromatic nitrogens is 2. The van der Waals surface area contributed by atoms with Crippen LogP contribution in [0.25, 0.3) is 0 Å². The number of carbonyl (C=O) groups is 1. The van der Waals surface area contributed by atoms with Gasteiger partial charge in [0.2, 0.25) is 10.1 Å². The van der Waals surface area contributed by atoms with Crippen LogP contribution in [0.2, 0.25) is 0 Å². The summed E-state index contributed by atoms with van der Waals surface area (Å²) in [6, 6.07) is 2.36. The van der Waals surface area contributed by atoms with Gasteiger partial charge in [0.15, 0.2) is 0 Å². The van der Waals surface area contributed by atoms with E-state index in [1.54, 1.807) is 4.90 Å². The van der Waals surface area contributed by atoms with Gasteiger partial charge >= 0.3 is 0 Å². The van der Waals surface area contributed by atoms with Crippen LogP contribution in [0.3, 0.4) is 0 Å². The Morgan fingerprint density at radius 2 is 2.39 bits per heavy atom. The molecule has 2 rings (SSSR count). The van der Waals surface area contributed by atoms with Gasteiger partial charge in [0.1, 0.15) is 0 Å². The summed E-state index contributed by atoms with van der Waals surface area (Å²) in [6.45, 7) is 3.20. The third-order valence-electron chi connectivity index (χ3n) is 2.65. The van der Waals surface area contributed by atoms with Crippen molar-refractivity contribution in [1.82, 2.24) is 15.1 Å². The van der Waals surface area contributed by atoms with Gasteiger partial charge in [-0.25, -0.2) is 0 Å². The van der Waals surface area contributed by atoms with Crippen LogP contribution >= 0.6 is 11.3 Å². The second kappa shape index (κ2) is 5.78. The minimum atomic E-state index is -0.102. The molecule has 1 aliphatic rings. The zero-order valence-corrected chi connectivity index (χ0v) is 11.0. The minimum absolute atomic E-state index is 0.102. The molecule has 1 N–H and O–H groups in total. The van der Waals surface area contributed by atoms with Gasteiger partial charge in [0.25, 0.3) is 5.91 Å². The topological polar surface area (TPSA) is 81.9 Å². The van der Waals surface area contributed by atoms with Gasteiger partial charge in [-0.3, -0.25) is 4.79 Å². The van der Waals surface area contributed by atoms with Crippen molar-refractivity contribution in [2.75, 3.05) is 18.4 Å². The van der Waals surface area contributed by atoms with E-state index in [0.29, 0.717) is 23.1 Å². The summed E-state index contributed by atoms with van der Waals surface area (Å²) in [5.74, 6) is -0.102. The summed E-state index contributed by atoms with van der Waals surface area (Å²) in [5.41, 5.74) is 0. The molecule has 1 heterocycles. The molecule has 0 spiro atoms. The molecular formula is C11H15N5OS. The van der Waals surface area contributed by atoms with Crippen molar-refractivity contribution in [3.63, 3.8) is 0 Å². The van der Waals surface area contributed by atoms with Gasteiger partial charge in [-0.1, -0.05) is 11.3 Å².